The topological polar surface area (TPSA) is 87.1 Å². The minimum Gasteiger partial charge on any atom is -0.484 e. The molecule has 3 rings (SSSR count). The van der Waals surface area contributed by atoms with Gasteiger partial charge in [0.15, 0.2) is 12.4 Å². The van der Waals surface area contributed by atoms with Gasteiger partial charge in [0.05, 0.1) is 5.75 Å². The lowest BCUT2D eigenvalue weighted by molar-refractivity contribution is 0.252. The summed E-state index contributed by atoms with van der Waals surface area (Å²) in [6.45, 7) is 4.38. The number of aromatic nitrogens is 4. The zero-order chi connectivity index (χ0) is 17.5. The number of hydrogen-bond acceptors (Lipinski definition) is 8. The minimum atomic E-state index is 0.236. The number of unbranched alkanes of at least 4 members (excludes halogenated alkanes) is 1. The van der Waals surface area contributed by atoms with Gasteiger partial charge >= 0.3 is 0 Å². The van der Waals surface area contributed by atoms with Gasteiger partial charge in [-0.25, -0.2) is 0 Å². The number of benzene rings is 1. The lowest BCUT2D eigenvalue weighted by Gasteiger charge is -2.03. The molecule has 8 heteroatoms. The van der Waals surface area contributed by atoms with Gasteiger partial charge in [-0.3, -0.25) is 0 Å². The van der Waals surface area contributed by atoms with Crippen LogP contribution in [-0.4, -0.2) is 20.3 Å². The highest BCUT2D eigenvalue weighted by Gasteiger charge is 2.11. The molecule has 0 radical (unpaired) electrons. The minimum absolute atomic E-state index is 0.236. The molecule has 2 heterocycles. The van der Waals surface area contributed by atoms with Crippen molar-refractivity contribution in [2.75, 3.05) is 0 Å². The Kier molecular flexibility index (Phi) is 6.05. The van der Waals surface area contributed by atoms with Gasteiger partial charge in [-0.2, -0.15) is 4.98 Å². The van der Waals surface area contributed by atoms with Gasteiger partial charge in [0, 0.05) is 6.42 Å². The zero-order valence-electron chi connectivity index (χ0n) is 14.3. The molecule has 2 aromatic heterocycles. The third kappa shape index (κ3) is 5.32. The summed E-state index contributed by atoms with van der Waals surface area (Å²) in [6, 6.07) is 7.81. The molecule has 0 fully saturated rings. The molecular formula is C17H20N4O3S. The van der Waals surface area contributed by atoms with Gasteiger partial charge in [-0.1, -0.05) is 42.4 Å². The number of rotatable bonds is 9. The maximum absolute atomic E-state index is 5.64. The summed E-state index contributed by atoms with van der Waals surface area (Å²) in [4.78, 5) is 4.34. The van der Waals surface area contributed by atoms with E-state index in [4.69, 9.17) is 13.7 Å². The highest BCUT2D eigenvalue weighted by molar-refractivity contribution is 7.98. The molecule has 0 N–H and O–H groups in total. The Morgan fingerprint density at radius 2 is 2.12 bits per heavy atom. The highest BCUT2D eigenvalue weighted by atomic mass is 32.2. The molecule has 0 saturated carbocycles. The molecule has 0 aliphatic heterocycles. The number of nitrogens with zero attached hydrogens (tertiary/aromatic N) is 4. The zero-order valence-corrected chi connectivity index (χ0v) is 15.1. The van der Waals surface area contributed by atoms with Crippen LogP contribution in [0.3, 0.4) is 0 Å². The molecule has 0 aliphatic rings. The second-order valence-corrected chi connectivity index (χ2v) is 6.49. The number of hydrogen-bond donors (Lipinski definition) is 0. The first-order valence-electron chi connectivity index (χ1n) is 8.19. The van der Waals surface area contributed by atoms with E-state index < -0.39 is 0 Å². The first-order valence-corrected chi connectivity index (χ1v) is 9.17. The second kappa shape index (κ2) is 8.66. The molecule has 7 nitrogen and oxygen atoms in total. The Bertz CT molecular complexity index is 803. The van der Waals surface area contributed by atoms with Crippen LogP contribution in [-0.2, 0) is 18.8 Å². The third-order valence-electron chi connectivity index (χ3n) is 3.38. The van der Waals surface area contributed by atoms with Crippen molar-refractivity contribution in [2.24, 2.45) is 0 Å². The van der Waals surface area contributed by atoms with Crippen LogP contribution in [0.15, 0.2) is 38.4 Å². The SMILES string of the molecule is CCCCc1nc(CSc2nnc(COc3cccc(C)c3)o2)no1. The van der Waals surface area contributed by atoms with Crippen molar-refractivity contribution in [1.82, 2.24) is 20.3 Å². The lowest BCUT2D eigenvalue weighted by Crippen LogP contribution is -1.95. The van der Waals surface area contributed by atoms with Crippen molar-refractivity contribution < 1.29 is 13.7 Å². The van der Waals surface area contributed by atoms with Crippen LogP contribution in [0.1, 0.15) is 42.9 Å². The van der Waals surface area contributed by atoms with Gasteiger partial charge in [0.2, 0.25) is 5.89 Å². The van der Waals surface area contributed by atoms with Gasteiger partial charge in [-0.15, -0.1) is 10.2 Å². The number of thioether (sulfide) groups is 1. The molecule has 0 saturated heterocycles. The van der Waals surface area contributed by atoms with Crippen molar-refractivity contribution in [3.63, 3.8) is 0 Å². The average Bonchev–Trinajstić information content (AvgIpc) is 3.25. The van der Waals surface area contributed by atoms with Crippen LogP contribution in [0.4, 0.5) is 0 Å². The van der Waals surface area contributed by atoms with Crippen molar-refractivity contribution >= 4 is 11.8 Å². The summed E-state index contributed by atoms with van der Waals surface area (Å²) in [6.07, 6.45) is 2.96. The normalized spacial score (nSPS) is 11.0. The summed E-state index contributed by atoms with van der Waals surface area (Å²) < 4.78 is 16.4. The van der Waals surface area contributed by atoms with E-state index in [-0.39, 0.29) is 6.61 Å². The van der Waals surface area contributed by atoms with Gasteiger partial charge in [0.25, 0.3) is 11.1 Å². The monoisotopic (exact) mass is 360 g/mol. The van der Waals surface area contributed by atoms with Crippen molar-refractivity contribution in [2.45, 2.75) is 50.7 Å². The fourth-order valence-corrected chi connectivity index (χ4v) is 2.73. The Morgan fingerprint density at radius 3 is 2.96 bits per heavy atom. The molecule has 0 spiro atoms. The molecule has 0 atom stereocenters. The quantitative estimate of drug-likeness (QED) is 0.530. The molecular weight excluding hydrogens is 340 g/mol. The molecule has 0 aliphatic carbocycles. The predicted molar refractivity (Wildman–Crippen MR) is 92.3 cm³/mol. The predicted octanol–water partition coefficient (Wildman–Crippen LogP) is 3.97. The van der Waals surface area contributed by atoms with Crippen LogP contribution in [0, 0.1) is 6.92 Å². The summed E-state index contributed by atoms with van der Waals surface area (Å²) >= 11 is 1.37. The van der Waals surface area contributed by atoms with Gasteiger partial charge in [0.1, 0.15) is 5.75 Å². The Labute approximate surface area is 150 Å². The van der Waals surface area contributed by atoms with E-state index in [1.807, 2.05) is 31.2 Å². The van der Waals surface area contributed by atoms with E-state index in [0.29, 0.717) is 28.6 Å². The number of aryl methyl sites for hydroxylation is 2. The maximum atomic E-state index is 5.64. The highest BCUT2D eigenvalue weighted by Crippen LogP contribution is 2.21. The summed E-state index contributed by atoms with van der Waals surface area (Å²) in [5, 5.41) is 12.4. The molecule has 0 amide bonds. The largest absolute Gasteiger partial charge is 0.484 e. The van der Waals surface area contributed by atoms with Crippen LogP contribution >= 0.6 is 11.8 Å². The first kappa shape index (κ1) is 17.5. The molecule has 25 heavy (non-hydrogen) atoms. The summed E-state index contributed by atoms with van der Waals surface area (Å²) in [5.74, 6) is 3.04. The molecule has 0 unspecified atom stereocenters. The van der Waals surface area contributed by atoms with Crippen molar-refractivity contribution in [1.29, 1.82) is 0 Å². The fraction of sp³-hybridized carbons (Fsp3) is 0.412. The second-order valence-electron chi connectivity index (χ2n) is 5.56. The van der Waals surface area contributed by atoms with E-state index in [1.165, 1.54) is 11.8 Å². The van der Waals surface area contributed by atoms with Crippen molar-refractivity contribution in [3.05, 3.63) is 47.4 Å². The Morgan fingerprint density at radius 1 is 1.20 bits per heavy atom. The van der Waals surface area contributed by atoms with Crippen LogP contribution < -0.4 is 4.74 Å². The van der Waals surface area contributed by atoms with E-state index in [1.54, 1.807) is 0 Å². The molecule has 0 bridgehead atoms. The fourth-order valence-electron chi connectivity index (χ4n) is 2.11. The maximum Gasteiger partial charge on any atom is 0.277 e. The van der Waals surface area contributed by atoms with Crippen LogP contribution in [0.2, 0.25) is 0 Å². The van der Waals surface area contributed by atoms with E-state index >= 15 is 0 Å². The van der Waals surface area contributed by atoms with E-state index in [2.05, 4.69) is 27.3 Å². The summed E-state index contributed by atoms with van der Waals surface area (Å²) in [5.41, 5.74) is 1.14. The Balaban J connectivity index is 1.47. The lowest BCUT2D eigenvalue weighted by atomic mass is 10.2. The molecule has 1 aromatic carbocycles. The standard InChI is InChI=1S/C17H20N4O3S/c1-3-4-8-15-18-14(21-24-15)11-25-17-20-19-16(23-17)10-22-13-7-5-6-12(2)9-13/h5-7,9H,3-4,8,10-11H2,1-2H3. The van der Waals surface area contributed by atoms with E-state index in [9.17, 15) is 0 Å². The van der Waals surface area contributed by atoms with E-state index in [0.717, 1.165) is 30.6 Å². The van der Waals surface area contributed by atoms with Crippen molar-refractivity contribution in [3.8, 4) is 5.75 Å². The first-order chi connectivity index (χ1) is 12.2. The van der Waals surface area contributed by atoms with Gasteiger partial charge < -0.3 is 13.7 Å². The molecule has 3 aromatic rings. The van der Waals surface area contributed by atoms with Crippen LogP contribution in [0.5, 0.6) is 5.75 Å². The Hall–Kier alpha value is -2.35. The smallest absolute Gasteiger partial charge is 0.277 e. The number of ether oxygens (including phenoxy) is 1. The van der Waals surface area contributed by atoms with Gasteiger partial charge in [-0.05, 0) is 31.0 Å². The third-order valence-corrected chi connectivity index (χ3v) is 4.19. The molecule has 132 valence electrons. The van der Waals surface area contributed by atoms with Crippen LogP contribution in [0.25, 0.3) is 0 Å². The average molecular weight is 360 g/mol. The summed E-state index contributed by atoms with van der Waals surface area (Å²) in [7, 11) is 0.